The molecule has 2 amide bonds. The number of amides is 2. The van der Waals surface area contributed by atoms with Crippen molar-refractivity contribution < 1.29 is 9.53 Å². The minimum atomic E-state index is -0.138. The normalized spacial score (nSPS) is 21.8. The SMILES string of the molecule is CC(C#N)CN(C)C(=O)NC1CCOC1. The fourth-order valence-corrected chi connectivity index (χ4v) is 1.47. The van der Waals surface area contributed by atoms with E-state index in [2.05, 4.69) is 11.4 Å². The highest BCUT2D eigenvalue weighted by atomic mass is 16.5. The first-order chi connectivity index (χ1) is 7.13. The first-order valence-corrected chi connectivity index (χ1v) is 5.12. The number of nitrogens with one attached hydrogen (secondary N) is 1. The Hall–Kier alpha value is -1.28. The van der Waals surface area contributed by atoms with E-state index >= 15 is 0 Å². The van der Waals surface area contributed by atoms with Crippen LogP contribution in [0.25, 0.3) is 0 Å². The zero-order valence-corrected chi connectivity index (χ0v) is 9.19. The number of carbonyl (C=O) groups is 1. The van der Waals surface area contributed by atoms with E-state index in [1.165, 1.54) is 4.90 Å². The predicted molar refractivity (Wildman–Crippen MR) is 55.2 cm³/mol. The Balaban J connectivity index is 2.29. The Morgan fingerprint density at radius 2 is 2.53 bits per heavy atom. The Morgan fingerprint density at radius 1 is 1.80 bits per heavy atom. The number of nitrogens with zero attached hydrogens (tertiary/aromatic N) is 2. The lowest BCUT2D eigenvalue weighted by atomic mass is 10.2. The standard InChI is InChI=1S/C10H17N3O2/c1-8(5-11)6-13(2)10(14)12-9-3-4-15-7-9/h8-9H,3-4,6-7H2,1-2H3,(H,12,14). The fraction of sp³-hybridized carbons (Fsp3) is 0.800. The second-order valence-electron chi connectivity index (χ2n) is 3.92. The average Bonchev–Trinajstić information content (AvgIpc) is 2.70. The Labute approximate surface area is 90.0 Å². The van der Waals surface area contributed by atoms with Crippen LogP contribution in [0.2, 0.25) is 0 Å². The topological polar surface area (TPSA) is 65.4 Å². The van der Waals surface area contributed by atoms with Gasteiger partial charge in [0.05, 0.1) is 24.6 Å². The molecule has 1 rings (SSSR count). The highest BCUT2D eigenvalue weighted by Gasteiger charge is 2.20. The molecule has 0 aliphatic carbocycles. The first kappa shape index (κ1) is 11.8. The number of ether oxygens (including phenoxy) is 1. The van der Waals surface area contributed by atoms with Crippen LogP contribution in [0.1, 0.15) is 13.3 Å². The van der Waals surface area contributed by atoms with Gasteiger partial charge in [-0.1, -0.05) is 0 Å². The third-order valence-electron chi connectivity index (χ3n) is 2.37. The molecule has 1 heterocycles. The van der Waals surface area contributed by atoms with Crippen LogP contribution >= 0.6 is 0 Å². The number of rotatable bonds is 3. The van der Waals surface area contributed by atoms with Gasteiger partial charge in [-0.05, 0) is 13.3 Å². The summed E-state index contributed by atoms with van der Waals surface area (Å²) in [6.07, 6.45) is 0.868. The minimum absolute atomic E-state index is 0.123. The fourth-order valence-electron chi connectivity index (χ4n) is 1.47. The van der Waals surface area contributed by atoms with E-state index in [-0.39, 0.29) is 18.0 Å². The van der Waals surface area contributed by atoms with Crippen LogP contribution in [0.5, 0.6) is 0 Å². The number of carbonyl (C=O) groups excluding carboxylic acids is 1. The summed E-state index contributed by atoms with van der Waals surface area (Å²) >= 11 is 0. The molecule has 2 atom stereocenters. The predicted octanol–water partition coefficient (Wildman–Crippen LogP) is 0.576. The van der Waals surface area contributed by atoms with Gasteiger partial charge in [0.25, 0.3) is 0 Å². The molecular weight excluding hydrogens is 194 g/mol. The summed E-state index contributed by atoms with van der Waals surface area (Å²) < 4.78 is 5.15. The second-order valence-corrected chi connectivity index (χ2v) is 3.92. The van der Waals surface area contributed by atoms with Gasteiger partial charge >= 0.3 is 6.03 Å². The third kappa shape index (κ3) is 3.76. The van der Waals surface area contributed by atoms with Gasteiger partial charge < -0.3 is 15.0 Å². The van der Waals surface area contributed by atoms with Crippen molar-refractivity contribution >= 4 is 6.03 Å². The van der Waals surface area contributed by atoms with Gasteiger partial charge in [0.1, 0.15) is 0 Å². The van der Waals surface area contributed by atoms with Gasteiger partial charge in [-0.25, -0.2) is 4.79 Å². The maximum absolute atomic E-state index is 11.6. The van der Waals surface area contributed by atoms with Crippen LogP contribution in [0, 0.1) is 17.2 Å². The van der Waals surface area contributed by atoms with E-state index in [1.54, 1.807) is 14.0 Å². The molecule has 0 radical (unpaired) electrons. The lowest BCUT2D eigenvalue weighted by Gasteiger charge is -2.21. The van der Waals surface area contributed by atoms with Crippen molar-refractivity contribution in [3.05, 3.63) is 0 Å². The van der Waals surface area contributed by atoms with Gasteiger partial charge in [-0.3, -0.25) is 0 Å². The highest BCUT2D eigenvalue weighted by Crippen LogP contribution is 2.04. The number of hydrogen-bond donors (Lipinski definition) is 1. The Bertz CT molecular complexity index is 256. The maximum Gasteiger partial charge on any atom is 0.317 e. The Kier molecular flexibility index (Phi) is 4.37. The van der Waals surface area contributed by atoms with Gasteiger partial charge in [-0.2, -0.15) is 5.26 Å². The molecule has 84 valence electrons. The summed E-state index contributed by atoms with van der Waals surface area (Å²) in [7, 11) is 1.69. The number of urea groups is 1. The quantitative estimate of drug-likeness (QED) is 0.742. The van der Waals surface area contributed by atoms with Gasteiger partial charge in [0.2, 0.25) is 0 Å². The monoisotopic (exact) mass is 211 g/mol. The molecule has 0 saturated carbocycles. The van der Waals surface area contributed by atoms with Crippen molar-refractivity contribution in [2.75, 3.05) is 26.8 Å². The lowest BCUT2D eigenvalue weighted by Crippen LogP contribution is -2.44. The third-order valence-corrected chi connectivity index (χ3v) is 2.37. The molecule has 0 bridgehead atoms. The molecule has 1 aliphatic heterocycles. The average molecular weight is 211 g/mol. The van der Waals surface area contributed by atoms with Crippen LogP contribution in [0.15, 0.2) is 0 Å². The van der Waals surface area contributed by atoms with E-state index in [0.29, 0.717) is 19.8 Å². The largest absolute Gasteiger partial charge is 0.379 e. The zero-order chi connectivity index (χ0) is 11.3. The van der Waals surface area contributed by atoms with Gasteiger partial charge in [0.15, 0.2) is 0 Å². The molecule has 5 heteroatoms. The molecule has 0 aromatic rings. The summed E-state index contributed by atoms with van der Waals surface area (Å²) in [4.78, 5) is 13.1. The van der Waals surface area contributed by atoms with Crippen LogP contribution in [0.3, 0.4) is 0 Å². The number of nitriles is 1. The summed E-state index contributed by atoms with van der Waals surface area (Å²) in [5, 5.41) is 11.5. The molecular formula is C10H17N3O2. The van der Waals surface area contributed by atoms with Crippen molar-refractivity contribution in [1.29, 1.82) is 5.26 Å². The summed E-state index contributed by atoms with van der Waals surface area (Å²) in [6.45, 7) is 3.55. The highest BCUT2D eigenvalue weighted by molar-refractivity contribution is 5.74. The molecule has 1 fully saturated rings. The molecule has 0 aromatic carbocycles. The van der Waals surface area contributed by atoms with Crippen LogP contribution < -0.4 is 5.32 Å². The maximum atomic E-state index is 11.6. The molecule has 15 heavy (non-hydrogen) atoms. The Morgan fingerprint density at radius 3 is 3.07 bits per heavy atom. The van der Waals surface area contributed by atoms with Gasteiger partial charge in [0, 0.05) is 20.2 Å². The van der Waals surface area contributed by atoms with Crippen molar-refractivity contribution in [1.82, 2.24) is 10.2 Å². The van der Waals surface area contributed by atoms with E-state index in [0.717, 1.165) is 6.42 Å². The molecule has 1 N–H and O–H groups in total. The van der Waals surface area contributed by atoms with Crippen molar-refractivity contribution in [2.24, 2.45) is 5.92 Å². The molecule has 0 aromatic heterocycles. The van der Waals surface area contributed by atoms with E-state index in [1.807, 2.05) is 0 Å². The zero-order valence-electron chi connectivity index (χ0n) is 9.19. The van der Waals surface area contributed by atoms with E-state index < -0.39 is 0 Å². The first-order valence-electron chi connectivity index (χ1n) is 5.12. The van der Waals surface area contributed by atoms with Crippen LogP contribution in [0.4, 0.5) is 4.79 Å². The van der Waals surface area contributed by atoms with Crippen LogP contribution in [-0.2, 0) is 4.74 Å². The van der Waals surface area contributed by atoms with Crippen molar-refractivity contribution in [3.8, 4) is 6.07 Å². The van der Waals surface area contributed by atoms with Crippen molar-refractivity contribution in [2.45, 2.75) is 19.4 Å². The summed E-state index contributed by atoms with van der Waals surface area (Å²) in [5.74, 6) is -0.138. The molecule has 1 saturated heterocycles. The number of hydrogen-bond acceptors (Lipinski definition) is 3. The summed E-state index contributed by atoms with van der Waals surface area (Å²) in [6, 6.07) is 2.09. The second kappa shape index (κ2) is 5.56. The molecule has 1 aliphatic rings. The lowest BCUT2D eigenvalue weighted by molar-refractivity contribution is 0.181. The van der Waals surface area contributed by atoms with Crippen LogP contribution in [-0.4, -0.2) is 43.8 Å². The molecule has 0 spiro atoms. The molecule has 5 nitrogen and oxygen atoms in total. The van der Waals surface area contributed by atoms with E-state index in [4.69, 9.17) is 10.00 Å². The molecule has 2 unspecified atom stereocenters. The minimum Gasteiger partial charge on any atom is -0.379 e. The van der Waals surface area contributed by atoms with E-state index in [9.17, 15) is 4.79 Å². The smallest absolute Gasteiger partial charge is 0.317 e. The summed E-state index contributed by atoms with van der Waals surface area (Å²) in [5.41, 5.74) is 0. The van der Waals surface area contributed by atoms with Gasteiger partial charge in [-0.15, -0.1) is 0 Å². The van der Waals surface area contributed by atoms with Crippen molar-refractivity contribution in [3.63, 3.8) is 0 Å².